The standard InChI is InChI=1S/C16H16BrN3O6S/c1-10(19-27(24,25)13-6-3-11(17)4-7-13)16(21)18-14-9-12(20(22)23)5-8-15(14)26-2/h3-10,19H,1-2H3,(H,18,21). The van der Waals surface area contributed by atoms with Gasteiger partial charge >= 0.3 is 0 Å². The van der Waals surface area contributed by atoms with Gasteiger partial charge in [0.25, 0.3) is 5.69 Å². The summed E-state index contributed by atoms with van der Waals surface area (Å²) in [5, 5.41) is 13.3. The van der Waals surface area contributed by atoms with E-state index in [1.807, 2.05) is 0 Å². The first kappa shape index (κ1) is 20.8. The minimum absolute atomic E-state index is 0.00159. The highest BCUT2D eigenvalue weighted by atomic mass is 79.9. The van der Waals surface area contributed by atoms with E-state index in [2.05, 4.69) is 26.0 Å². The fraction of sp³-hybridized carbons (Fsp3) is 0.188. The number of carbonyl (C=O) groups is 1. The van der Waals surface area contributed by atoms with Crippen molar-refractivity contribution < 1.29 is 22.9 Å². The van der Waals surface area contributed by atoms with Gasteiger partial charge in [0, 0.05) is 16.6 Å². The molecule has 0 aromatic heterocycles. The first-order chi connectivity index (χ1) is 12.6. The monoisotopic (exact) mass is 457 g/mol. The zero-order valence-electron chi connectivity index (χ0n) is 14.3. The number of carbonyl (C=O) groups excluding carboxylic acids is 1. The van der Waals surface area contributed by atoms with Gasteiger partial charge in [0.15, 0.2) is 0 Å². The molecule has 0 aliphatic heterocycles. The van der Waals surface area contributed by atoms with Crippen molar-refractivity contribution in [2.75, 3.05) is 12.4 Å². The fourth-order valence-electron chi connectivity index (χ4n) is 2.12. The van der Waals surface area contributed by atoms with Gasteiger partial charge in [-0.05, 0) is 37.3 Å². The van der Waals surface area contributed by atoms with Crippen molar-refractivity contribution >= 4 is 43.2 Å². The molecule has 0 radical (unpaired) electrons. The number of sulfonamides is 1. The van der Waals surface area contributed by atoms with Crippen LogP contribution in [0.4, 0.5) is 11.4 Å². The SMILES string of the molecule is COc1ccc([N+](=O)[O-])cc1NC(=O)C(C)NS(=O)(=O)c1ccc(Br)cc1. The third kappa shape index (κ3) is 5.25. The van der Waals surface area contributed by atoms with Crippen molar-refractivity contribution in [2.24, 2.45) is 0 Å². The smallest absolute Gasteiger partial charge is 0.271 e. The molecule has 11 heteroatoms. The van der Waals surface area contributed by atoms with E-state index in [1.54, 1.807) is 12.1 Å². The van der Waals surface area contributed by atoms with Gasteiger partial charge in [-0.25, -0.2) is 8.42 Å². The Bertz CT molecular complexity index is 963. The second-order valence-electron chi connectivity index (χ2n) is 5.43. The van der Waals surface area contributed by atoms with Gasteiger partial charge in [-0.15, -0.1) is 0 Å². The Labute approximate surface area is 164 Å². The summed E-state index contributed by atoms with van der Waals surface area (Å²) in [5.74, 6) is -0.494. The van der Waals surface area contributed by atoms with Crippen molar-refractivity contribution in [1.29, 1.82) is 0 Å². The summed E-state index contributed by atoms with van der Waals surface area (Å²) in [6.45, 7) is 1.36. The number of nitrogens with zero attached hydrogens (tertiary/aromatic N) is 1. The van der Waals surface area contributed by atoms with Gasteiger partial charge in [0.1, 0.15) is 5.75 Å². The van der Waals surface area contributed by atoms with Crippen LogP contribution in [0.1, 0.15) is 6.92 Å². The lowest BCUT2D eigenvalue weighted by Crippen LogP contribution is -2.41. The highest BCUT2D eigenvalue weighted by Gasteiger charge is 2.23. The lowest BCUT2D eigenvalue weighted by atomic mass is 10.2. The van der Waals surface area contributed by atoms with E-state index in [1.165, 1.54) is 38.3 Å². The number of non-ortho nitro benzene ring substituents is 1. The molecule has 2 rings (SSSR count). The summed E-state index contributed by atoms with van der Waals surface area (Å²) in [6, 6.07) is 8.47. The van der Waals surface area contributed by atoms with Crippen molar-refractivity contribution in [3.05, 3.63) is 57.1 Å². The molecule has 0 bridgehead atoms. The number of nitrogens with one attached hydrogen (secondary N) is 2. The Morgan fingerprint density at radius 1 is 1.22 bits per heavy atom. The van der Waals surface area contributed by atoms with Crippen LogP contribution in [-0.2, 0) is 14.8 Å². The van der Waals surface area contributed by atoms with Crippen molar-refractivity contribution in [3.8, 4) is 5.75 Å². The molecule has 1 unspecified atom stereocenters. The molecule has 2 aromatic carbocycles. The van der Waals surface area contributed by atoms with Gasteiger partial charge in [-0.1, -0.05) is 15.9 Å². The van der Waals surface area contributed by atoms with Crippen molar-refractivity contribution in [1.82, 2.24) is 4.72 Å². The molecule has 0 aliphatic carbocycles. The molecular formula is C16H16BrN3O6S. The molecule has 0 saturated carbocycles. The number of benzene rings is 2. The largest absolute Gasteiger partial charge is 0.495 e. The van der Waals surface area contributed by atoms with Crippen molar-refractivity contribution in [2.45, 2.75) is 17.9 Å². The predicted molar refractivity (Wildman–Crippen MR) is 102 cm³/mol. The third-order valence-corrected chi connectivity index (χ3v) is 5.59. The van der Waals surface area contributed by atoms with E-state index in [-0.39, 0.29) is 22.0 Å². The van der Waals surface area contributed by atoms with E-state index >= 15 is 0 Å². The van der Waals surface area contributed by atoms with Gasteiger partial charge in [0.05, 0.1) is 28.7 Å². The molecule has 9 nitrogen and oxygen atoms in total. The number of methoxy groups -OCH3 is 1. The highest BCUT2D eigenvalue weighted by molar-refractivity contribution is 9.10. The lowest BCUT2D eigenvalue weighted by Gasteiger charge is -2.16. The summed E-state index contributed by atoms with van der Waals surface area (Å²) >= 11 is 3.21. The summed E-state index contributed by atoms with van der Waals surface area (Å²) in [6.07, 6.45) is 0. The van der Waals surface area contributed by atoms with Crippen LogP contribution in [0, 0.1) is 10.1 Å². The number of ether oxygens (including phenoxy) is 1. The van der Waals surface area contributed by atoms with Crippen LogP contribution in [0.25, 0.3) is 0 Å². The van der Waals surface area contributed by atoms with E-state index in [0.29, 0.717) is 4.47 Å². The second kappa shape index (κ2) is 8.46. The maximum Gasteiger partial charge on any atom is 0.271 e. The second-order valence-corrected chi connectivity index (χ2v) is 8.06. The summed E-state index contributed by atoms with van der Waals surface area (Å²) < 4.78 is 32.7. The summed E-state index contributed by atoms with van der Waals surface area (Å²) in [5.41, 5.74) is -0.180. The molecule has 0 heterocycles. The molecule has 0 aliphatic rings. The quantitative estimate of drug-likeness (QED) is 0.485. The molecule has 2 aromatic rings. The Morgan fingerprint density at radius 2 is 1.85 bits per heavy atom. The number of hydrogen-bond donors (Lipinski definition) is 2. The van der Waals surface area contributed by atoms with Crippen LogP contribution in [0.15, 0.2) is 51.8 Å². The van der Waals surface area contributed by atoms with Crippen LogP contribution < -0.4 is 14.8 Å². The number of hydrogen-bond acceptors (Lipinski definition) is 6. The molecular weight excluding hydrogens is 442 g/mol. The van der Waals surface area contributed by atoms with Gasteiger partial charge in [-0.2, -0.15) is 4.72 Å². The number of nitro groups is 1. The number of amides is 1. The Morgan fingerprint density at radius 3 is 2.41 bits per heavy atom. The van der Waals surface area contributed by atoms with Gasteiger partial charge in [0.2, 0.25) is 15.9 Å². The van der Waals surface area contributed by atoms with E-state index in [9.17, 15) is 23.3 Å². The molecule has 1 atom stereocenters. The molecule has 0 saturated heterocycles. The Balaban J connectivity index is 2.17. The van der Waals surface area contributed by atoms with E-state index in [4.69, 9.17) is 4.74 Å². The van der Waals surface area contributed by atoms with Gasteiger partial charge in [-0.3, -0.25) is 14.9 Å². The van der Waals surface area contributed by atoms with Crippen LogP contribution >= 0.6 is 15.9 Å². The topological polar surface area (TPSA) is 128 Å². The molecule has 27 heavy (non-hydrogen) atoms. The number of halogens is 1. The van der Waals surface area contributed by atoms with Crippen molar-refractivity contribution in [3.63, 3.8) is 0 Å². The first-order valence-electron chi connectivity index (χ1n) is 7.55. The van der Waals surface area contributed by atoms with Crippen LogP contribution in [0.2, 0.25) is 0 Å². The maximum absolute atomic E-state index is 12.4. The number of nitro benzene ring substituents is 1. The molecule has 144 valence electrons. The fourth-order valence-corrected chi connectivity index (χ4v) is 3.58. The summed E-state index contributed by atoms with van der Waals surface area (Å²) in [7, 11) is -2.58. The zero-order chi connectivity index (χ0) is 20.2. The van der Waals surface area contributed by atoms with Crippen LogP contribution in [0.3, 0.4) is 0 Å². The Hall–Kier alpha value is -2.50. The minimum Gasteiger partial charge on any atom is -0.495 e. The van der Waals surface area contributed by atoms with E-state index in [0.717, 1.165) is 6.07 Å². The predicted octanol–water partition coefficient (Wildman–Crippen LogP) is 2.67. The van der Waals surface area contributed by atoms with Gasteiger partial charge < -0.3 is 10.1 Å². The first-order valence-corrected chi connectivity index (χ1v) is 9.83. The van der Waals surface area contributed by atoms with Crippen LogP contribution in [0.5, 0.6) is 5.75 Å². The summed E-state index contributed by atoms with van der Waals surface area (Å²) in [4.78, 5) is 22.6. The van der Waals surface area contributed by atoms with Crippen LogP contribution in [-0.4, -0.2) is 32.4 Å². The molecule has 0 spiro atoms. The minimum atomic E-state index is -3.92. The highest BCUT2D eigenvalue weighted by Crippen LogP contribution is 2.29. The molecule has 0 fully saturated rings. The molecule has 2 N–H and O–H groups in total. The normalized spacial score (nSPS) is 12.3. The zero-order valence-corrected chi connectivity index (χ0v) is 16.7. The maximum atomic E-state index is 12.4. The average Bonchev–Trinajstić information content (AvgIpc) is 2.61. The molecule has 1 amide bonds. The number of anilines is 1. The van der Waals surface area contributed by atoms with E-state index < -0.39 is 26.9 Å². The number of rotatable bonds is 7. The lowest BCUT2D eigenvalue weighted by molar-refractivity contribution is -0.384. The third-order valence-electron chi connectivity index (χ3n) is 3.50. The Kier molecular flexibility index (Phi) is 6.52. The average molecular weight is 458 g/mol.